The zero-order chi connectivity index (χ0) is 14.4. The molecule has 0 radical (unpaired) electrons. The number of hydrogen-bond acceptors (Lipinski definition) is 2. The molecule has 2 aromatic rings. The lowest BCUT2D eigenvalue weighted by atomic mass is 10.0. The highest BCUT2D eigenvalue weighted by molar-refractivity contribution is 5.17. The first-order chi connectivity index (χ1) is 9.69. The molecule has 1 aromatic carbocycles. The summed E-state index contributed by atoms with van der Waals surface area (Å²) >= 11 is 0. The molecule has 0 aliphatic heterocycles. The van der Waals surface area contributed by atoms with Crippen molar-refractivity contribution >= 4 is 0 Å². The highest BCUT2D eigenvalue weighted by atomic mass is 19.1. The normalized spacial score (nSPS) is 12.6. The van der Waals surface area contributed by atoms with E-state index in [0.29, 0.717) is 6.04 Å². The summed E-state index contributed by atoms with van der Waals surface area (Å²) < 4.78 is 14.8. The summed E-state index contributed by atoms with van der Waals surface area (Å²) in [5, 5.41) is 7.69. The Morgan fingerprint density at radius 2 is 2.00 bits per heavy atom. The summed E-state index contributed by atoms with van der Waals surface area (Å²) in [6.07, 6.45) is 4.80. The van der Waals surface area contributed by atoms with Crippen LogP contribution in [0.2, 0.25) is 0 Å². The summed E-state index contributed by atoms with van der Waals surface area (Å²) in [5.41, 5.74) is 2.41. The highest BCUT2D eigenvalue weighted by Gasteiger charge is 2.10. The number of aromatic nitrogens is 2. The van der Waals surface area contributed by atoms with Crippen molar-refractivity contribution in [1.82, 2.24) is 15.1 Å². The van der Waals surface area contributed by atoms with Gasteiger partial charge in [0, 0.05) is 25.0 Å². The van der Waals surface area contributed by atoms with Gasteiger partial charge in [-0.1, -0.05) is 19.1 Å². The number of aryl methyl sites for hydroxylation is 2. The van der Waals surface area contributed by atoms with Gasteiger partial charge < -0.3 is 5.32 Å². The quantitative estimate of drug-likeness (QED) is 0.842. The number of nitrogens with one attached hydrogen (secondary N) is 1. The minimum atomic E-state index is -0.177. The van der Waals surface area contributed by atoms with Crippen LogP contribution in [0.25, 0.3) is 0 Å². The van der Waals surface area contributed by atoms with Gasteiger partial charge in [0.1, 0.15) is 5.82 Å². The lowest BCUT2D eigenvalue weighted by Crippen LogP contribution is -2.31. The van der Waals surface area contributed by atoms with Crippen LogP contribution in [0, 0.1) is 5.82 Å². The van der Waals surface area contributed by atoms with Gasteiger partial charge in [0.15, 0.2) is 0 Å². The van der Waals surface area contributed by atoms with Crippen LogP contribution < -0.4 is 5.32 Å². The van der Waals surface area contributed by atoms with Crippen molar-refractivity contribution < 1.29 is 4.39 Å². The molecular weight excluding hydrogens is 253 g/mol. The second kappa shape index (κ2) is 7.20. The highest BCUT2D eigenvalue weighted by Crippen LogP contribution is 2.10. The van der Waals surface area contributed by atoms with E-state index in [9.17, 15) is 4.39 Å². The molecule has 2 rings (SSSR count). The van der Waals surface area contributed by atoms with Crippen LogP contribution in [0.1, 0.15) is 24.6 Å². The van der Waals surface area contributed by atoms with Crippen LogP contribution >= 0.6 is 0 Å². The maximum absolute atomic E-state index is 12.9. The number of likely N-dealkylation sites (N-methyl/N-ethyl adjacent to an activating group) is 1. The molecule has 1 unspecified atom stereocenters. The standard InChI is InChI=1S/C16H22FN3/c1-3-18-15(8-9-16-10-11-19-20(16)2)12-13-4-6-14(17)7-5-13/h4-7,10-11,15,18H,3,8-9,12H2,1-2H3. The topological polar surface area (TPSA) is 29.9 Å². The van der Waals surface area contributed by atoms with E-state index in [2.05, 4.69) is 23.4 Å². The van der Waals surface area contributed by atoms with Gasteiger partial charge in [-0.3, -0.25) is 4.68 Å². The maximum Gasteiger partial charge on any atom is 0.123 e. The number of rotatable bonds is 7. The molecule has 4 heteroatoms. The number of hydrogen-bond donors (Lipinski definition) is 1. The predicted octanol–water partition coefficient (Wildman–Crippen LogP) is 2.71. The van der Waals surface area contributed by atoms with E-state index in [4.69, 9.17) is 0 Å². The summed E-state index contributed by atoms with van der Waals surface area (Å²) in [4.78, 5) is 0. The molecule has 108 valence electrons. The van der Waals surface area contributed by atoms with Crippen LogP contribution in [0.5, 0.6) is 0 Å². The van der Waals surface area contributed by atoms with Gasteiger partial charge in [-0.05, 0) is 49.6 Å². The van der Waals surface area contributed by atoms with E-state index >= 15 is 0 Å². The molecule has 1 heterocycles. The minimum absolute atomic E-state index is 0.177. The molecule has 0 bridgehead atoms. The Morgan fingerprint density at radius 3 is 2.60 bits per heavy atom. The van der Waals surface area contributed by atoms with Gasteiger partial charge in [-0.25, -0.2) is 4.39 Å². The molecule has 3 nitrogen and oxygen atoms in total. The maximum atomic E-state index is 12.9. The van der Waals surface area contributed by atoms with Gasteiger partial charge in [-0.2, -0.15) is 5.10 Å². The summed E-state index contributed by atoms with van der Waals surface area (Å²) in [6, 6.07) is 9.24. The van der Waals surface area contributed by atoms with E-state index in [1.165, 1.54) is 23.4 Å². The lowest BCUT2D eigenvalue weighted by Gasteiger charge is -2.18. The Balaban J connectivity index is 1.93. The predicted molar refractivity (Wildman–Crippen MR) is 79.1 cm³/mol. The number of benzene rings is 1. The fraction of sp³-hybridized carbons (Fsp3) is 0.438. The third-order valence-corrected chi connectivity index (χ3v) is 3.56. The average Bonchev–Trinajstić information content (AvgIpc) is 2.84. The van der Waals surface area contributed by atoms with Gasteiger partial charge in [0.05, 0.1) is 0 Å². The molecule has 1 N–H and O–H groups in total. The van der Waals surface area contributed by atoms with E-state index < -0.39 is 0 Å². The molecule has 0 aliphatic carbocycles. The first kappa shape index (κ1) is 14.7. The fourth-order valence-electron chi connectivity index (χ4n) is 2.44. The molecule has 1 aromatic heterocycles. The van der Waals surface area contributed by atoms with Crippen LogP contribution in [0.4, 0.5) is 4.39 Å². The minimum Gasteiger partial charge on any atom is -0.314 e. The van der Waals surface area contributed by atoms with Gasteiger partial charge in [-0.15, -0.1) is 0 Å². The third kappa shape index (κ3) is 4.17. The zero-order valence-corrected chi connectivity index (χ0v) is 12.1. The SMILES string of the molecule is CCNC(CCc1ccnn1C)Cc1ccc(F)cc1. The lowest BCUT2D eigenvalue weighted by molar-refractivity contribution is 0.483. The van der Waals surface area contributed by atoms with E-state index in [1.807, 2.05) is 30.1 Å². The van der Waals surface area contributed by atoms with Crippen LogP contribution in [0.15, 0.2) is 36.5 Å². The van der Waals surface area contributed by atoms with E-state index in [0.717, 1.165) is 25.8 Å². The fourth-order valence-corrected chi connectivity index (χ4v) is 2.44. The smallest absolute Gasteiger partial charge is 0.123 e. The molecule has 0 saturated carbocycles. The second-order valence-corrected chi connectivity index (χ2v) is 5.07. The van der Waals surface area contributed by atoms with Crippen molar-refractivity contribution in [2.24, 2.45) is 7.05 Å². The number of nitrogens with zero attached hydrogens (tertiary/aromatic N) is 2. The second-order valence-electron chi connectivity index (χ2n) is 5.07. The molecular formula is C16H22FN3. The van der Waals surface area contributed by atoms with Crippen molar-refractivity contribution in [2.75, 3.05) is 6.54 Å². The summed E-state index contributed by atoms with van der Waals surface area (Å²) in [5.74, 6) is -0.177. The van der Waals surface area contributed by atoms with Crippen molar-refractivity contribution in [3.63, 3.8) is 0 Å². The first-order valence-electron chi connectivity index (χ1n) is 7.13. The van der Waals surface area contributed by atoms with Crippen LogP contribution in [0.3, 0.4) is 0 Å². The Morgan fingerprint density at radius 1 is 1.25 bits per heavy atom. The first-order valence-corrected chi connectivity index (χ1v) is 7.13. The molecule has 0 aliphatic rings. The van der Waals surface area contributed by atoms with Crippen molar-refractivity contribution in [2.45, 2.75) is 32.2 Å². The van der Waals surface area contributed by atoms with Crippen molar-refractivity contribution in [3.8, 4) is 0 Å². The average molecular weight is 275 g/mol. The molecule has 0 amide bonds. The van der Waals surface area contributed by atoms with Crippen molar-refractivity contribution in [3.05, 3.63) is 53.6 Å². The van der Waals surface area contributed by atoms with Gasteiger partial charge in [0.25, 0.3) is 0 Å². The Bertz CT molecular complexity index is 519. The Hall–Kier alpha value is -1.68. The summed E-state index contributed by atoms with van der Waals surface area (Å²) in [7, 11) is 1.97. The monoisotopic (exact) mass is 275 g/mol. The third-order valence-electron chi connectivity index (χ3n) is 3.56. The molecule has 0 saturated heterocycles. The molecule has 0 spiro atoms. The molecule has 1 atom stereocenters. The largest absolute Gasteiger partial charge is 0.314 e. The van der Waals surface area contributed by atoms with E-state index in [-0.39, 0.29) is 5.82 Å². The van der Waals surface area contributed by atoms with Crippen LogP contribution in [-0.2, 0) is 19.9 Å². The zero-order valence-electron chi connectivity index (χ0n) is 12.1. The Labute approximate surface area is 119 Å². The number of halogens is 1. The van der Waals surface area contributed by atoms with Gasteiger partial charge in [0.2, 0.25) is 0 Å². The Kier molecular flexibility index (Phi) is 5.30. The molecule has 0 fully saturated rings. The molecule has 20 heavy (non-hydrogen) atoms. The van der Waals surface area contributed by atoms with Crippen LogP contribution in [-0.4, -0.2) is 22.4 Å². The summed E-state index contributed by atoms with van der Waals surface area (Å²) in [6.45, 7) is 3.05. The van der Waals surface area contributed by atoms with Crippen molar-refractivity contribution in [1.29, 1.82) is 0 Å². The van der Waals surface area contributed by atoms with E-state index in [1.54, 1.807) is 0 Å². The van der Waals surface area contributed by atoms with Gasteiger partial charge >= 0.3 is 0 Å².